The summed E-state index contributed by atoms with van der Waals surface area (Å²) >= 11 is 0. The number of fused-ring (bicyclic) bond motifs is 1. The molecule has 0 spiro atoms. The van der Waals surface area contributed by atoms with Crippen LogP contribution >= 0.6 is 0 Å². The van der Waals surface area contributed by atoms with Crippen LogP contribution < -0.4 is 0 Å². The molecule has 0 amide bonds. The van der Waals surface area contributed by atoms with E-state index in [1.807, 2.05) is 0 Å². The zero-order valence-electron chi connectivity index (χ0n) is 9.21. The fraction of sp³-hybridized carbons (Fsp3) is 0.667. The monoisotopic (exact) mass is 192 g/mol. The molecular weight excluding hydrogens is 172 g/mol. The Bertz CT molecular complexity index is 290. The van der Waals surface area contributed by atoms with Gasteiger partial charge in [-0.3, -0.25) is 4.90 Å². The zero-order valence-corrected chi connectivity index (χ0v) is 9.21. The third-order valence-corrected chi connectivity index (χ3v) is 3.22. The second-order valence-electron chi connectivity index (χ2n) is 4.12. The van der Waals surface area contributed by atoms with Crippen molar-refractivity contribution in [1.29, 1.82) is 0 Å². The van der Waals surface area contributed by atoms with Crippen molar-refractivity contribution in [1.82, 2.24) is 9.88 Å². The number of nitrogens with one attached hydrogen (secondary N) is 1. The Hall–Kier alpha value is -0.760. The molecule has 0 saturated heterocycles. The molecule has 78 valence electrons. The number of hydrogen-bond acceptors (Lipinski definition) is 1. The van der Waals surface area contributed by atoms with Gasteiger partial charge in [0.05, 0.1) is 0 Å². The van der Waals surface area contributed by atoms with Gasteiger partial charge in [0.25, 0.3) is 0 Å². The Balaban J connectivity index is 2.20. The van der Waals surface area contributed by atoms with E-state index in [4.69, 9.17) is 0 Å². The molecule has 2 rings (SSSR count). The van der Waals surface area contributed by atoms with Crippen molar-refractivity contribution >= 4 is 0 Å². The Kier molecular flexibility index (Phi) is 2.92. The highest BCUT2D eigenvalue weighted by atomic mass is 15.2. The van der Waals surface area contributed by atoms with E-state index in [1.54, 1.807) is 0 Å². The highest BCUT2D eigenvalue weighted by Gasteiger charge is 2.25. The van der Waals surface area contributed by atoms with E-state index in [1.165, 1.54) is 43.6 Å². The lowest BCUT2D eigenvalue weighted by atomic mass is 9.97. The van der Waals surface area contributed by atoms with Gasteiger partial charge >= 0.3 is 0 Å². The van der Waals surface area contributed by atoms with Gasteiger partial charge in [-0.15, -0.1) is 0 Å². The van der Waals surface area contributed by atoms with Gasteiger partial charge in [-0.2, -0.15) is 0 Å². The largest absolute Gasteiger partial charge is 0.365 e. The molecule has 1 aromatic rings. The number of aromatic nitrogens is 1. The summed E-state index contributed by atoms with van der Waals surface area (Å²) in [5.41, 5.74) is 3.00. The minimum atomic E-state index is 0.657. The molecule has 1 aliphatic rings. The van der Waals surface area contributed by atoms with E-state index in [9.17, 15) is 0 Å². The van der Waals surface area contributed by atoms with Gasteiger partial charge in [0.1, 0.15) is 0 Å². The van der Waals surface area contributed by atoms with Crippen LogP contribution in [-0.4, -0.2) is 23.0 Å². The molecule has 1 atom stereocenters. The summed E-state index contributed by atoms with van der Waals surface area (Å²) < 4.78 is 0. The van der Waals surface area contributed by atoms with Crippen LogP contribution in [0.25, 0.3) is 0 Å². The van der Waals surface area contributed by atoms with E-state index < -0.39 is 0 Å². The molecule has 1 N–H and O–H groups in total. The number of H-pyrrole nitrogens is 1. The molecule has 2 nitrogen and oxygen atoms in total. The van der Waals surface area contributed by atoms with Crippen LogP contribution in [0.3, 0.4) is 0 Å². The maximum Gasteiger partial charge on any atom is 0.0363 e. The van der Waals surface area contributed by atoms with Gasteiger partial charge in [0.15, 0.2) is 0 Å². The molecule has 1 aliphatic heterocycles. The molecule has 2 heteroatoms. The van der Waals surface area contributed by atoms with Crippen LogP contribution in [0.15, 0.2) is 12.3 Å². The molecule has 0 radical (unpaired) electrons. The van der Waals surface area contributed by atoms with Gasteiger partial charge in [0, 0.05) is 30.9 Å². The Morgan fingerprint density at radius 1 is 1.50 bits per heavy atom. The third kappa shape index (κ3) is 1.59. The maximum absolute atomic E-state index is 3.36. The molecule has 0 bridgehead atoms. The molecule has 0 aromatic carbocycles. The highest BCUT2D eigenvalue weighted by molar-refractivity contribution is 5.27. The topological polar surface area (TPSA) is 19.0 Å². The molecule has 14 heavy (non-hydrogen) atoms. The van der Waals surface area contributed by atoms with Gasteiger partial charge in [-0.25, -0.2) is 0 Å². The van der Waals surface area contributed by atoms with E-state index in [-0.39, 0.29) is 0 Å². The minimum absolute atomic E-state index is 0.657. The standard InChI is InChI=1S/C12H20N2/c1-3-8-14-9-6-11-10(5-7-13-11)12(14)4-2/h5,7,12-13H,3-4,6,8-9H2,1-2H3/t12-/m0/s1. The van der Waals surface area contributed by atoms with E-state index >= 15 is 0 Å². The number of aromatic amines is 1. The number of rotatable bonds is 3. The Labute approximate surface area is 86.3 Å². The Morgan fingerprint density at radius 3 is 3.07 bits per heavy atom. The van der Waals surface area contributed by atoms with Gasteiger partial charge in [0.2, 0.25) is 0 Å². The lowest BCUT2D eigenvalue weighted by molar-refractivity contribution is 0.180. The number of nitrogens with zero attached hydrogens (tertiary/aromatic N) is 1. The molecule has 2 heterocycles. The molecule has 0 unspecified atom stereocenters. The average Bonchev–Trinajstić information content (AvgIpc) is 2.66. The van der Waals surface area contributed by atoms with E-state index in [0.29, 0.717) is 6.04 Å². The summed E-state index contributed by atoms with van der Waals surface area (Å²) in [5, 5.41) is 0. The molecule has 0 fully saturated rings. The first-order valence-corrected chi connectivity index (χ1v) is 5.77. The summed E-state index contributed by atoms with van der Waals surface area (Å²) in [6.07, 6.45) is 5.77. The summed E-state index contributed by atoms with van der Waals surface area (Å²) in [5.74, 6) is 0. The first-order chi connectivity index (χ1) is 6.86. The lowest BCUT2D eigenvalue weighted by Gasteiger charge is -2.35. The van der Waals surface area contributed by atoms with Crippen molar-refractivity contribution in [2.75, 3.05) is 13.1 Å². The van der Waals surface area contributed by atoms with Crippen molar-refractivity contribution in [2.45, 2.75) is 39.2 Å². The second-order valence-corrected chi connectivity index (χ2v) is 4.12. The maximum atomic E-state index is 3.36. The number of hydrogen-bond donors (Lipinski definition) is 1. The predicted octanol–water partition coefficient (Wildman–Crippen LogP) is 2.73. The van der Waals surface area contributed by atoms with Crippen molar-refractivity contribution in [3.8, 4) is 0 Å². The minimum Gasteiger partial charge on any atom is -0.365 e. The first kappa shape index (κ1) is 9.78. The summed E-state index contributed by atoms with van der Waals surface area (Å²) in [6, 6.07) is 2.91. The van der Waals surface area contributed by atoms with Crippen LogP contribution in [0.2, 0.25) is 0 Å². The summed E-state index contributed by atoms with van der Waals surface area (Å²) in [7, 11) is 0. The third-order valence-electron chi connectivity index (χ3n) is 3.22. The molecular formula is C12H20N2. The van der Waals surface area contributed by atoms with Crippen LogP contribution in [0.5, 0.6) is 0 Å². The van der Waals surface area contributed by atoms with Crippen molar-refractivity contribution in [3.05, 3.63) is 23.5 Å². The van der Waals surface area contributed by atoms with Crippen LogP contribution in [-0.2, 0) is 6.42 Å². The van der Waals surface area contributed by atoms with Crippen LogP contribution in [0, 0.1) is 0 Å². The summed E-state index contributed by atoms with van der Waals surface area (Å²) in [4.78, 5) is 5.98. The molecule has 0 aliphatic carbocycles. The average molecular weight is 192 g/mol. The van der Waals surface area contributed by atoms with Crippen LogP contribution in [0.1, 0.15) is 44.0 Å². The predicted molar refractivity (Wildman–Crippen MR) is 59.4 cm³/mol. The lowest BCUT2D eigenvalue weighted by Crippen LogP contribution is -2.35. The first-order valence-electron chi connectivity index (χ1n) is 5.77. The van der Waals surface area contributed by atoms with Crippen LogP contribution in [0.4, 0.5) is 0 Å². The van der Waals surface area contributed by atoms with Crippen molar-refractivity contribution in [2.24, 2.45) is 0 Å². The van der Waals surface area contributed by atoms with Crippen molar-refractivity contribution < 1.29 is 0 Å². The van der Waals surface area contributed by atoms with E-state index in [2.05, 4.69) is 36.0 Å². The molecule has 1 aromatic heterocycles. The fourth-order valence-electron chi connectivity index (χ4n) is 2.59. The Morgan fingerprint density at radius 2 is 2.36 bits per heavy atom. The normalized spacial score (nSPS) is 22.3. The van der Waals surface area contributed by atoms with Gasteiger partial charge in [-0.1, -0.05) is 13.8 Å². The zero-order chi connectivity index (χ0) is 9.97. The van der Waals surface area contributed by atoms with Gasteiger partial charge in [-0.05, 0) is 31.0 Å². The smallest absolute Gasteiger partial charge is 0.0363 e. The SMILES string of the molecule is CCCN1CCc2[nH]ccc2[C@@H]1CC. The highest BCUT2D eigenvalue weighted by Crippen LogP contribution is 2.31. The quantitative estimate of drug-likeness (QED) is 0.780. The van der Waals surface area contributed by atoms with E-state index in [0.717, 1.165) is 0 Å². The van der Waals surface area contributed by atoms with Crippen molar-refractivity contribution in [3.63, 3.8) is 0 Å². The molecule has 0 saturated carbocycles. The fourth-order valence-corrected chi connectivity index (χ4v) is 2.59. The second kappa shape index (κ2) is 4.18. The summed E-state index contributed by atoms with van der Waals surface area (Å²) in [6.45, 7) is 7.01. The van der Waals surface area contributed by atoms with Gasteiger partial charge < -0.3 is 4.98 Å².